The number of benzene rings is 2. The molecule has 3 N–H and O–H groups in total. The zero-order valence-corrected chi connectivity index (χ0v) is 16.0. The summed E-state index contributed by atoms with van der Waals surface area (Å²) in [5.74, 6) is -0.401. The molecule has 0 unspecified atom stereocenters. The Kier molecular flexibility index (Phi) is 4.55. The fourth-order valence-electron chi connectivity index (χ4n) is 3.17. The lowest BCUT2D eigenvalue weighted by Crippen LogP contribution is -2.18. The second-order valence-electron chi connectivity index (χ2n) is 6.35. The number of hydrogen-bond donors (Lipinski definition) is 2. The van der Waals surface area contributed by atoms with E-state index in [0.29, 0.717) is 11.3 Å². The number of amidine groups is 1. The average Bonchev–Trinajstić information content (AvgIpc) is 3.03. The smallest absolute Gasteiger partial charge is 0.283 e. The number of aromatic hydroxyl groups is 1. The number of thioether (sulfide) groups is 1. The predicted octanol–water partition coefficient (Wildman–Crippen LogP) is 3.28. The molecule has 2 heterocycles. The van der Waals surface area contributed by atoms with Crippen molar-refractivity contribution in [3.63, 3.8) is 0 Å². The lowest BCUT2D eigenvalue weighted by molar-refractivity contribution is -0.384. The molecular formula is C19H15N5O4S. The van der Waals surface area contributed by atoms with E-state index in [4.69, 9.17) is 5.73 Å². The number of para-hydroxylation sites is 1. The van der Waals surface area contributed by atoms with Crippen molar-refractivity contribution in [2.45, 2.75) is 12.2 Å². The summed E-state index contributed by atoms with van der Waals surface area (Å²) in [5, 5.41) is 25.2. The fraction of sp³-hybridized carbons (Fsp3) is 0.105. The molecule has 2 aromatic carbocycles. The SMILES string of the molecule is Cc1nn(C(=O)c2ccccc2O)c2c1[C@H](c1ccc([N+](=O)[O-])cc1)SC(N)=N2. The summed E-state index contributed by atoms with van der Waals surface area (Å²) in [6, 6.07) is 12.3. The number of aromatic nitrogens is 2. The van der Waals surface area contributed by atoms with Crippen molar-refractivity contribution < 1.29 is 14.8 Å². The number of non-ortho nitro benzene ring substituents is 1. The van der Waals surface area contributed by atoms with Gasteiger partial charge in [0.05, 0.1) is 21.4 Å². The van der Waals surface area contributed by atoms with E-state index in [2.05, 4.69) is 10.1 Å². The Labute approximate surface area is 169 Å². The molecule has 4 rings (SSSR count). The molecule has 9 nitrogen and oxygen atoms in total. The Hall–Kier alpha value is -3.66. The maximum Gasteiger partial charge on any atom is 0.283 e. The van der Waals surface area contributed by atoms with E-state index < -0.39 is 10.8 Å². The highest BCUT2D eigenvalue weighted by Gasteiger charge is 2.32. The summed E-state index contributed by atoms with van der Waals surface area (Å²) in [7, 11) is 0. The number of phenolic OH excluding ortho intramolecular Hbond substituents is 1. The van der Waals surface area contributed by atoms with Gasteiger partial charge in [0.25, 0.3) is 11.6 Å². The fourth-order valence-corrected chi connectivity index (χ4v) is 4.24. The van der Waals surface area contributed by atoms with Gasteiger partial charge < -0.3 is 10.8 Å². The second-order valence-corrected chi connectivity index (χ2v) is 7.48. The van der Waals surface area contributed by atoms with Crippen molar-refractivity contribution in [2.75, 3.05) is 0 Å². The molecule has 1 aromatic heterocycles. The minimum absolute atomic E-state index is 0.0152. The molecule has 0 saturated carbocycles. The van der Waals surface area contributed by atoms with Gasteiger partial charge in [-0.05, 0) is 24.6 Å². The normalized spacial score (nSPS) is 15.5. The number of aryl methyl sites for hydroxylation is 1. The minimum atomic E-state index is -0.529. The zero-order valence-electron chi connectivity index (χ0n) is 15.1. The standard InChI is InChI=1S/C19H15N5O4S/c1-10-15-16(11-6-8-12(9-7-11)24(27)28)29-19(20)21-17(15)23(22-10)18(26)13-4-2-3-5-14(13)25/h2-9,16,25H,1H3,(H2,20,21)/t16-/m0/s1. The van der Waals surface area contributed by atoms with Crippen LogP contribution in [-0.2, 0) is 0 Å². The third-order valence-corrected chi connectivity index (χ3v) is 5.61. The van der Waals surface area contributed by atoms with E-state index in [0.717, 1.165) is 10.2 Å². The number of nitrogens with two attached hydrogens (primary N) is 1. The largest absolute Gasteiger partial charge is 0.507 e. The van der Waals surface area contributed by atoms with Gasteiger partial charge in [-0.15, -0.1) is 0 Å². The first kappa shape index (κ1) is 18.7. The van der Waals surface area contributed by atoms with Crippen molar-refractivity contribution in [1.29, 1.82) is 0 Å². The Morgan fingerprint density at radius 1 is 1.24 bits per heavy atom. The minimum Gasteiger partial charge on any atom is -0.507 e. The van der Waals surface area contributed by atoms with Gasteiger partial charge in [-0.1, -0.05) is 36.0 Å². The summed E-state index contributed by atoms with van der Waals surface area (Å²) < 4.78 is 1.13. The van der Waals surface area contributed by atoms with Crippen LogP contribution in [0.1, 0.15) is 32.4 Å². The number of fused-ring (bicyclic) bond motifs is 1. The van der Waals surface area contributed by atoms with Crippen molar-refractivity contribution >= 4 is 34.3 Å². The van der Waals surface area contributed by atoms with Gasteiger partial charge in [-0.2, -0.15) is 9.78 Å². The van der Waals surface area contributed by atoms with Crippen LogP contribution in [0.4, 0.5) is 11.5 Å². The first-order chi connectivity index (χ1) is 13.9. The first-order valence-corrected chi connectivity index (χ1v) is 9.42. The molecule has 29 heavy (non-hydrogen) atoms. The molecule has 0 spiro atoms. The third kappa shape index (κ3) is 3.23. The lowest BCUT2D eigenvalue weighted by Gasteiger charge is -2.21. The van der Waals surface area contributed by atoms with Crippen LogP contribution in [0.2, 0.25) is 0 Å². The van der Waals surface area contributed by atoms with Gasteiger partial charge in [0, 0.05) is 17.7 Å². The van der Waals surface area contributed by atoms with Gasteiger partial charge in [0.2, 0.25) is 0 Å². The number of carbonyl (C=O) groups excluding carboxylic acids is 1. The van der Waals surface area contributed by atoms with E-state index in [1.54, 1.807) is 31.2 Å². The number of hydrogen-bond acceptors (Lipinski definition) is 8. The number of nitro groups is 1. The monoisotopic (exact) mass is 409 g/mol. The maximum absolute atomic E-state index is 13.0. The topological polar surface area (TPSA) is 137 Å². The van der Waals surface area contributed by atoms with Gasteiger partial charge in [-0.3, -0.25) is 14.9 Å². The number of carbonyl (C=O) groups is 1. The molecule has 0 radical (unpaired) electrons. The van der Waals surface area contributed by atoms with Crippen LogP contribution in [0, 0.1) is 17.0 Å². The molecule has 0 fully saturated rings. The Balaban J connectivity index is 1.81. The van der Waals surface area contributed by atoms with E-state index >= 15 is 0 Å². The average molecular weight is 409 g/mol. The van der Waals surface area contributed by atoms with Gasteiger partial charge >= 0.3 is 0 Å². The van der Waals surface area contributed by atoms with Gasteiger partial charge in [0.1, 0.15) is 5.75 Å². The zero-order chi connectivity index (χ0) is 20.7. The molecule has 0 saturated heterocycles. The van der Waals surface area contributed by atoms with Crippen molar-refractivity contribution in [3.8, 4) is 5.75 Å². The van der Waals surface area contributed by atoms with E-state index in [-0.39, 0.29) is 33.2 Å². The maximum atomic E-state index is 13.0. The van der Waals surface area contributed by atoms with Crippen molar-refractivity contribution in [1.82, 2.24) is 9.78 Å². The molecule has 0 bridgehead atoms. The van der Waals surface area contributed by atoms with Crippen LogP contribution in [-0.4, -0.2) is 30.9 Å². The number of phenols is 1. The summed E-state index contributed by atoms with van der Waals surface area (Å²) in [5.41, 5.74) is 8.14. The molecule has 1 aliphatic rings. The molecular weight excluding hydrogens is 394 g/mol. The highest BCUT2D eigenvalue weighted by atomic mass is 32.2. The van der Waals surface area contributed by atoms with Crippen LogP contribution in [0.3, 0.4) is 0 Å². The molecule has 1 atom stereocenters. The lowest BCUT2D eigenvalue weighted by atomic mass is 10.0. The van der Waals surface area contributed by atoms with Crippen molar-refractivity contribution in [2.24, 2.45) is 10.7 Å². The molecule has 0 aliphatic carbocycles. The second kappa shape index (κ2) is 7.06. The molecule has 0 amide bonds. The Morgan fingerprint density at radius 2 is 1.93 bits per heavy atom. The van der Waals surface area contributed by atoms with E-state index in [1.807, 2.05) is 0 Å². The molecule has 1 aliphatic heterocycles. The Morgan fingerprint density at radius 3 is 2.59 bits per heavy atom. The molecule has 146 valence electrons. The van der Waals surface area contributed by atoms with Crippen LogP contribution in [0.15, 0.2) is 53.5 Å². The Bertz CT molecular complexity index is 1170. The highest BCUT2D eigenvalue weighted by Crippen LogP contribution is 2.46. The summed E-state index contributed by atoms with van der Waals surface area (Å²) >= 11 is 1.28. The van der Waals surface area contributed by atoms with E-state index in [9.17, 15) is 20.0 Å². The summed E-state index contributed by atoms with van der Waals surface area (Å²) in [4.78, 5) is 27.7. The van der Waals surface area contributed by atoms with Crippen LogP contribution in [0.5, 0.6) is 5.75 Å². The van der Waals surface area contributed by atoms with Crippen LogP contribution in [0.25, 0.3) is 0 Å². The molecule has 10 heteroatoms. The number of rotatable bonds is 3. The quantitative estimate of drug-likeness (QED) is 0.500. The van der Waals surface area contributed by atoms with Gasteiger partial charge in [0.15, 0.2) is 11.0 Å². The number of nitro benzene ring substituents is 1. The van der Waals surface area contributed by atoms with E-state index in [1.165, 1.54) is 36.0 Å². The third-order valence-electron chi connectivity index (χ3n) is 4.53. The molecule has 3 aromatic rings. The van der Waals surface area contributed by atoms with Crippen LogP contribution >= 0.6 is 11.8 Å². The van der Waals surface area contributed by atoms with Gasteiger partial charge in [-0.25, -0.2) is 4.99 Å². The summed E-state index contributed by atoms with van der Waals surface area (Å²) in [6.45, 7) is 1.75. The highest BCUT2D eigenvalue weighted by molar-refractivity contribution is 8.14. The van der Waals surface area contributed by atoms with Crippen molar-refractivity contribution in [3.05, 3.63) is 81.0 Å². The summed E-state index contributed by atoms with van der Waals surface area (Å²) in [6.07, 6.45) is 0. The van der Waals surface area contributed by atoms with Crippen LogP contribution < -0.4 is 5.73 Å². The predicted molar refractivity (Wildman–Crippen MR) is 109 cm³/mol. The first-order valence-electron chi connectivity index (χ1n) is 8.54. The number of nitrogens with zero attached hydrogens (tertiary/aromatic N) is 4. The number of aliphatic imine (C=N–C) groups is 1.